The van der Waals surface area contributed by atoms with E-state index in [-0.39, 0.29) is 17.7 Å². The number of fused-ring (bicyclic) bond motifs is 1. The summed E-state index contributed by atoms with van der Waals surface area (Å²) in [6.07, 6.45) is 4.35. The van der Waals surface area contributed by atoms with Gasteiger partial charge in [-0.15, -0.1) is 10.2 Å². The van der Waals surface area contributed by atoms with E-state index < -0.39 is 5.91 Å². The molecule has 0 unspecified atom stereocenters. The number of carbonyl (C=O) groups excluding carboxylic acids is 1. The average Bonchev–Trinajstić information content (AvgIpc) is 3.50. The lowest BCUT2D eigenvalue weighted by Crippen LogP contribution is -2.16. The molecule has 0 radical (unpaired) electrons. The molecular formula is C24H21N7O4S2. The maximum Gasteiger partial charge on any atom is 0.275 e. The molecule has 1 fully saturated rings. The summed E-state index contributed by atoms with van der Waals surface area (Å²) in [7, 11) is 1.49. The monoisotopic (exact) mass is 535 g/mol. The van der Waals surface area contributed by atoms with Crippen LogP contribution in [0.1, 0.15) is 47.0 Å². The van der Waals surface area contributed by atoms with Gasteiger partial charge in [0.2, 0.25) is 10.1 Å². The quantitative estimate of drug-likeness (QED) is 0.251. The van der Waals surface area contributed by atoms with Crippen molar-refractivity contribution in [1.82, 2.24) is 24.8 Å². The van der Waals surface area contributed by atoms with Crippen LogP contribution in [-0.4, -0.2) is 37.8 Å². The first kappa shape index (κ1) is 24.5. The molecule has 3 heterocycles. The Morgan fingerprint density at radius 3 is 2.84 bits per heavy atom. The van der Waals surface area contributed by atoms with Crippen molar-refractivity contribution in [1.29, 1.82) is 5.26 Å². The van der Waals surface area contributed by atoms with Crippen molar-refractivity contribution in [3.8, 4) is 17.6 Å². The zero-order chi connectivity index (χ0) is 25.9. The van der Waals surface area contributed by atoms with E-state index in [2.05, 4.69) is 25.6 Å². The minimum Gasteiger partial charge on any atom is -0.493 e. The molecule has 0 aliphatic heterocycles. The van der Waals surface area contributed by atoms with E-state index in [4.69, 9.17) is 9.47 Å². The largest absolute Gasteiger partial charge is 0.493 e. The molecule has 3 aromatic heterocycles. The third kappa shape index (κ3) is 5.50. The van der Waals surface area contributed by atoms with E-state index in [1.165, 1.54) is 46.4 Å². The summed E-state index contributed by atoms with van der Waals surface area (Å²) in [6, 6.07) is 8.33. The number of amides is 1. The number of nitriles is 1. The van der Waals surface area contributed by atoms with Crippen molar-refractivity contribution in [2.75, 3.05) is 12.4 Å². The second kappa shape index (κ2) is 10.5. The van der Waals surface area contributed by atoms with Crippen LogP contribution in [0.25, 0.3) is 11.0 Å². The summed E-state index contributed by atoms with van der Waals surface area (Å²) in [5, 5.41) is 26.6. The summed E-state index contributed by atoms with van der Waals surface area (Å²) in [6.45, 7) is 2.01. The minimum absolute atomic E-state index is 0.0488. The highest BCUT2D eigenvalue weighted by Crippen LogP contribution is 2.42. The first-order chi connectivity index (χ1) is 18.0. The summed E-state index contributed by atoms with van der Waals surface area (Å²) in [5.74, 6) is 0.685. The molecule has 5 rings (SSSR count). The van der Waals surface area contributed by atoms with E-state index in [0.717, 1.165) is 29.3 Å². The van der Waals surface area contributed by atoms with Gasteiger partial charge in [0.05, 0.1) is 12.8 Å². The lowest BCUT2D eigenvalue weighted by Gasteiger charge is -2.11. The predicted octanol–water partition coefficient (Wildman–Crippen LogP) is 3.58. The molecule has 11 nitrogen and oxygen atoms in total. The molecular weight excluding hydrogens is 514 g/mol. The van der Waals surface area contributed by atoms with E-state index in [1.54, 1.807) is 18.2 Å². The number of carbonyl (C=O) groups is 1. The number of rotatable bonds is 9. The van der Waals surface area contributed by atoms with Crippen molar-refractivity contribution in [2.45, 2.75) is 38.7 Å². The Labute approximate surface area is 219 Å². The van der Waals surface area contributed by atoms with E-state index in [9.17, 15) is 14.9 Å². The van der Waals surface area contributed by atoms with Crippen LogP contribution in [0.15, 0.2) is 34.6 Å². The molecule has 1 amide bonds. The number of aromatic nitrogens is 5. The summed E-state index contributed by atoms with van der Waals surface area (Å²) in [5.41, 5.74) is 0.674. The van der Waals surface area contributed by atoms with Gasteiger partial charge in [-0.3, -0.25) is 14.9 Å². The normalized spacial score (nSPS) is 13.4. The van der Waals surface area contributed by atoms with Crippen LogP contribution >= 0.6 is 22.7 Å². The maximum atomic E-state index is 12.6. The Balaban J connectivity index is 1.29. The van der Waals surface area contributed by atoms with Gasteiger partial charge < -0.3 is 9.47 Å². The van der Waals surface area contributed by atoms with Gasteiger partial charge >= 0.3 is 0 Å². The molecule has 37 heavy (non-hydrogen) atoms. The molecule has 1 saturated carbocycles. The number of hydrogen-bond acceptors (Lipinski definition) is 11. The van der Waals surface area contributed by atoms with Crippen LogP contribution in [0.4, 0.5) is 5.13 Å². The van der Waals surface area contributed by atoms with Gasteiger partial charge in [-0.25, -0.2) is 4.98 Å². The van der Waals surface area contributed by atoms with Gasteiger partial charge in [-0.2, -0.15) is 14.9 Å². The molecule has 0 atom stereocenters. The molecule has 1 N–H and O–H groups in total. The van der Waals surface area contributed by atoms with Crippen LogP contribution < -0.4 is 20.3 Å². The number of anilines is 1. The fourth-order valence-electron chi connectivity index (χ4n) is 3.42. The zero-order valence-electron chi connectivity index (χ0n) is 19.9. The van der Waals surface area contributed by atoms with Crippen LogP contribution in [0, 0.1) is 11.3 Å². The number of aryl methyl sites for hydroxylation is 1. The lowest BCUT2D eigenvalue weighted by molar-refractivity contribution is -0.112. The Bertz CT molecular complexity index is 1610. The van der Waals surface area contributed by atoms with Gasteiger partial charge in [0.15, 0.2) is 11.5 Å². The Hall–Kier alpha value is -4.15. The summed E-state index contributed by atoms with van der Waals surface area (Å²) < 4.78 is 12.6. The van der Waals surface area contributed by atoms with Gasteiger partial charge in [-0.1, -0.05) is 35.7 Å². The number of nitrogens with one attached hydrogen (secondary N) is 1. The molecule has 1 aliphatic rings. The topological polar surface area (TPSA) is 144 Å². The van der Waals surface area contributed by atoms with Crippen LogP contribution in [0.5, 0.6) is 11.5 Å². The standard InChI is InChI=1S/C24H21N7O4S2/c1-3-19-30-31-20(32)10-16(26-24(31)36-19)12-35-17-7-4-13(9-18(17)34-2)8-15(11-25)21(33)27-23-29-28-22(37-23)14-5-6-14/h4,7-10,14H,3,5-6,12H2,1-2H3,(H,27,29,33). The van der Waals surface area contributed by atoms with Gasteiger partial charge in [0.1, 0.15) is 28.3 Å². The highest BCUT2D eigenvalue weighted by atomic mass is 32.1. The van der Waals surface area contributed by atoms with Crippen LogP contribution in [-0.2, 0) is 17.8 Å². The van der Waals surface area contributed by atoms with Gasteiger partial charge in [0, 0.05) is 12.0 Å². The molecule has 188 valence electrons. The van der Waals surface area contributed by atoms with E-state index in [1.807, 2.05) is 13.0 Å². The molecule has 1 aromatic carbocycles. The van der Waals surface area contributed by atoms with Crippen LogP contribution in [0.2, 0.25) is 0 Å². The Morgan fingerprint density at radius 1 is 1.27 bits per heavy atom. The van der Waals surface area contributed by atoms with E-state index >= 15 is 0 Å². The number of methoxy groups -OCH3 is 1. The van der Waals surface area contributed by atoms with Crippen molar-refractivity contribution < 1.29 is 14.3 Å². The highest BCUT2D eigenvalue weighted by Gasteiger charge is 2.28. The average molecular weight is 536 g/mol. The number of ether oxygens (including phenoxy) is 2. The first-order valence-electron chi connectivity index (χ1n) is 11.4. The third-order valence-corrected chi connectivity index (χ3v) is 7.52. The zero-order valence-corrected chi connectivity index (χ0v) is 21.6. The molecule has 0 saturated heterocycles. The molecule has 4 aromatic rings. The lowest BCUT2D eigenvalue weighted by atomic mass is 10.1. The fraction of sp³-hybridized carbons (Fsp3) is 0.292. The predicted molar refractivity (Wildman–Crippen MR) is 138 cm³/mol. The highest BCUT2D eigenvalue weighted by molar-refractivity contribution is 7.16. The fourth-order valence-corrected chi connectivity index (χ4v) is 5.18. The van der Waals surface area contributed by atoms with Crippen molar-refractivity contribution >= 4 is 44.7 Å². The third-order valence-electron chi connectivity index (χ3n) is 5.47. The Morgan fingerprint density at radius 2 is 2.11 bits per heavy atom. The minimum atomic E-state index is -0.567. The molecule has 0 spiro atoms. The molecule has 0 bridgehead atoms. The first-order valence-corrected chi connectivity index (χ1v) is 13.1. The Kier molecular flexibility index (Phi) is 6.93. The van der Waals surface area contributed by atoms with Crippen molar-refractivity contribution in [2.24, 2.45) is 0 Å². The molecule has 13 heteroatoms. The SMILES string of the molecule is CCc1nn2c(=O)cc(COc3ccc(C=C(C#N)C(=O)Nc4nnc(C5CC5)s4)cc3OC)nc2s1. The smallest absolute Gasteiger partial charge is 0.275 e. The maximum absolute atomic E-state index is 12.6. The molecule has 1 aliphatic carbocycles. The number of benzene rings is 1. The van der Waals surface area contributed by atoms with E-state index in [0.29, 0.717) is 38.8 Å². The second-order valence-corrected chi connectivity index (χ2v) is 10.2. The van der Waals surface area contributed by atoms with Crippen molar-refractivity contribution in [3.63, 3.8) is 0 Å². The van der Waals surface area contributed by atoms with Crippen LogP contribution in [0.3, 0.4) is 0 Å². The number of nitrogens with zero attached hydrogens (tertiary/aromatic N) is 6. The number of hydrogen-bond donors (Lipinski definition) is 1. The second-order valence-electron chi connectivity index (χ2n) is 8.17. The summed E-state index contributed by atoms with van der Waals surface area (Å²) in [4.78, 5) is 29.9. The summed E-state index contributed by atoms with van der Waals surface area (Å²) >= 11 is 2.69. The van der Waals surface area contributed by atoms with Crippen molar-refractivity contribution in [3.05, 3.63) is 61.5 Å². The van der Waals surface area contributed by atoms with Gasteiger partial charge in [-0.05, 0) is 43.0 Å². The van der Waals surface area contributed by atoms with Gasteiger partial charge in [0.25, 0.3) is 11.5 Å².